The Labute approximate surface area is 124 Å². The molecular weight excluding hydrogens is 325 g/mol. The monoisotopic (exact) mass is 339 g/mol. The third-order valence-electron chi connectivity index (χ3n) is 4.01. The van der Waals surface area contributed by atoms with Crippen LogP contribution in [0.5, 0.6) is 0 Å². The molecule has 1 aliphatic rings. The van der Waals surface area contributed by atoms with E-state index < -0.39 is 0 Å². The second-order valence-electron chi connectivity index (χ2n) is 5.24. The van der Waals surface area contributed by atoms with Crippen LogP contribution in [0.25, 0.3) is 11.4 Å². The number of rotatable bonds is 3. The molecule has 0 amide bonds. The van der Waals surface area contributed by atoms with Gasteiger partial charge in [-0.25, -0.2) is 4.39 Å². The van der Waals surface area contributed by atoms with Gasteiger partial charge < -0.3 is 10.3 Å². The van der Waals surface area contributed by atoms with Crippen LogP contribution in [0, 0.1) is 5.82 Å². The first-order valence-electron chi connectivity index (χ1n) is 6.64. The summed E-state index contributed by atoms with van der Waals surface area (Å²) >= 11 is 3.16. The molecule has 4 nitrogen and oxygen atoms in total. The van der Waals surface area contributed by atoms with Crippen molar-refractivity contribution in [1.82, 2.24) is 10.1 Å². The number of nitrogens with two attached hydrogens (primary N) is 1. The van der Waals surface area contributed by atoms with Gasteiger partial charge in [0.1, 0.15) is 5.82 Å². The highest BCUT2D eigenvalue weighted by atomic mass is 79.9. The highest BCUT2D eigenvalue weighted by Gasteiger charge is 2.39. The van der Waals surface area contributed by atoms with Crippen molar-refractivity contribution >= 4 is 15.9 Å². The fourth-order valence-electron chi connectivity index (χ4n) is 2.75. The first-order chi connectivity index (χ1) is 9.64. The van der Waals surface area contributed by atoms with E-state index in [1.807, 2.05) is 0 Å². The van der Waals surface area contributed by atoms with Gasteiger partial charge in [-0.05, 0) is 47.0 Å². The Kier molecular flexibility index (Phi) is 3.60. The predicted octanol–water partition coefficient (Wildman–Crippen LogP) is 3.41. The van der Waals surface area contributed by atoms with Crippen molar-refractivity contribution in [1.29, 1.82) is 0 Å². The normalized spacial score (nSPS) is 17.6. The van der Waals surface area contributed by atoms with E-state index in [4.69, 9.17) is 10.3 Å². The molecule has 1 saturated carbocycles. The Balaban J connectivity index is 1.95. The largest absolute Gasteiger partial charge is 0.338 e. The molecule has 2 N–H and O–H groups in total. The van der Waals surface area contributed by atoms with Gasteiger partial charge in [-0.3, -0.25) is 0 Å². The average Bonchev–Trinajstić information content (AvgIpc) is 3.10. The molecule has 0 spiro atoms. The summed E-state index contributed by atoms with van der Waals surface area (Å²) in [6.07, 6.45) is 4.24. The summed E-state index contributed by atoms with van der Waals surface area (Å²) < 4.78 is 19.1. The molecule has 20 heavy (non-hydrogen) atoms. The standard InChI is InChI=1S/C14H15BrFN3O/c15-10-7-9(3-4-11(10)16)12-18-13(20-19-12)14(8-17)5-1-2-6-14/h3-4,7H,1-2,5-6,8,17H2. The molecule has 0 unspecified atom stereocenters. The van der Waals surface area contributed by atoms with Crippen LogP contribution in [0.1, 0.15) is 31.6 Å². The summed E-state index contributed by atoms with van der Waals surface area (Å²) in [6.45, 7) is 0.516. The zero-order valence-corrected chi connectivity index (χ0v) is 12.5. The van der Waals surface area contributed by atoms with Gasteiger partial charge in [0.25, 0.3) is 0 Å². The molecule has 0 radical (unpaired) electrons. The second-order valence-corrected chi connectivity index (χ2v) is 6.10. The Morgan fingerprint density at radius 1 is 1.35 bits per heavy atom. The highest BCUT2D eigenvalue weighted by molar-refractivity contribution is 9.10. The van der Waals surface area contributed by atoms with Gasteiger partial charge in [0, 0.05) is 12.1 Å². The van der Waals surface area contributed by atoms with E-state index in [0.29, 0.717) is 22.7 Å². The average molecular weight is 340 g/mol. The van der Waals surface area contributed by atoms with Gasteiger partial charge in [-0.1, -0.05) is 18.0 Å². The minimum atomic E-state index is -0.313. The van der Waals surface area contributed by atoms with Crippen molar-refractivity contribution in [3.8, 4) is 11.4 Å². The summed E-state index contributed by atoms with van der Waals surface area (Å²) in [7, 11) is 0. The lowest BCUT2D eigenvalue weighted by atomic mass is 9.86. The van der Waals surface area contributed by atoms with Crippen LogP contribution >= 0.6 is 15.9 Å². The van der Waals surface area contributed by atoms with E-state index in [0.717, 1.165) is 31.2 Å². The minimum absolute atomic E-state index is 0.178. The topological polar surface area (TPSA) is 64.9 Å². The number of nitrogens with zero attached hydrogens (tertiary/aromatic N) is 2. The predicted molar refractivity (Wildman–Crippen MR) is 76.6 cm³/mol. The molecule has 106 valence electrons. The fraction of sp³-hybridized carbons (Fsp3) is 0.429. The lowest BCUT2D eigenvalue weighted by Gasteiger charge is -2.21. The molecule has 1 aliphatic carbocycles. The summed E-state index contributed by atoms with van der Waals surface area (Å²) in [6, 6.07) is 4.66. The molecule has 2 aromatic rings. The molecule has 1 fully saturated rings. The molecule has 3 rings (SSSR count). The number of aromatic nitrogens is 2. The van der Waals surface area contributed by atoms with Gasteiger partial charge in [-0.2, -0.15) is 4.98 Å². The summed E-state index contributed by atoms with van der Waals surface area (Å²) in [5.41, 5.74) is 6.45. The molecule has 0 aliphatic heterocycles. The van der Waals surface area contributed by atoms with Crippen LogP contribution in [-0.2, 0) is 5.41 Å². The lowest BCUT2D eigenvalue weighted by molar-refractivity contribution is 0.284. The number of halogens is 2. The van der Waals surface area contributed by atoms with Crippen LogP contribution in [0.15, 0.2) is 27.2 Å². The zero-order chi connectivity index (χ0) is 14.2. The van der Waals surface area contributed by atoms with Crippen LogP contribution < -0.4 is 5.73 Å². The van der Waals surface area contributed by atoms with Crippen molar-refractivity contribution in [2.75, 3.05) is 6.54 Å². The Hall–Kier alpha value is -1.27. The summed E-state index contributed by atoms with van der Waals surface area (Å²) in [5.74, 6) is 0.764. The third-order valence-corrected chi connectivity index (χ3v) is 4.62. The smallest absolute Gasteiger partial charge is 0.234 e. The van der Waals surface area contributed by atoms with Gasteiger partial charge >= 0.3 is 0 Å². The molecule has 0 atom stereocenters. The van der Waals surface area contributed by atoms with Crippen LogP contribution in [0.4, 0.5) is 4.39 Å². The molecule has 0 bridgehead atoms. The van der Waals surface area contributed by atoms with E-state index in [9.17, 15) is 4.39 Å². The van der Waals surface area contributed by atoms with Gasteiger partial charge in [0.05, 0.1) is 9.89 Å². The molecule has 1 aromatic heterocycles. The zero-order valence-electron chi connectivity index (χ0n) is 10.9. The molecular formula is C14H15BrFN3O. The van der Waals surface area contributed by atoms with Crippen molar-refractivity contribution in [2.24, 2.45) is 5.73 Å². The van der Waals surface area contributed by atoms with E-state index in [1.54, 1.807) is 12.1 Å². The van der Waals surface area contributed by atoms with Crippen molar-refractivity contribution in [2.45, 2.75) is 31.1 Å². The third kappa shape index (κ3) is 2.27. The quantitative estimate of drug-likeness (QED) is 0.930. The molecule has 6 heteroatoms. The van der Waals surface area contributed by atoms with Crippen LogP contribution in [0.3, 0.4) is 0 Å². The minimum Gasteiger partial charge on any atom is -0.338 e. The first-order valence-corrected chi connectivity index (χ1v) is 7.44. The Morgan fingerprint density at radius 2 is 2.10 bits per heavy atom. The van der Waals surface area contributed by atoms with E-state index in [-0.39, 0.29) is 11.2 Å². The second kappa shape index (κ2) is 5.26. The summed E-state index contributed by atoms with van der Waals surface area (Å²) in [4.78, 5) is 4.48. The molecule has 1 aromatic carbocycles. The highest BCUT2D eigenvalue weighted by Crippen LogP contribution is 2.40. The van der Waals surface area contributed by atoms with Crippen molar-refractivity contribution < 1.29 is 8.91 Å². The van der Waals surface area contributed by atoms with E-state index >= 15 is 0 Å². The van der Waals surface area contributed by atoms with Crippen molar-refractivity contribution in [3.63, 3.8) is 0 Å². The number of benzene rings is 1. The van der Waals surface area contributed by atoms with Gasteiger partial charge in [-0.15, -0.1) is 0 Å². The number of hydrogen-bond acceptors (Lipinski definition) is 4. The van der Waals surface area contributed by atoms with Gasteiger partial charge in [0.2, 0.25) is 11.7 Å². The van der Waals surface area contributed by atoms with E-state index in [2.05, 4.69) is 26.1 Å². The first kappa shape index (κ1) is 13.7. The maximum Gasteiger partial charge on any atom is 0.234 e. The maximum atomic E-state index is 13.3. The maximum absolute atomic E-state index is 13.3. The van der Waals surface area contributed by atoms with Crippen LogP contribution in [-0.4, -0.2) is 16.7 Å². The Bertz CT molecular complexity index is 623. The van der Waals surface area contributed by atoms with Crippen LogP contribution in [0.2, 0.25) is 0 Å². The Morgan fingerprint density at radius 3 is 2.75 bits per heavy atom. The SMILES string of the molecule is NCC1(c2nc(-c3ccc(F)c(Br)c3)no2)CCCC1. The fourth-order valence-corrected chi connectivity index (χ4v) is 3.13. The summed E-state index contributed by atoms with van der Waals surface area (Å²) in [5, 5.41) is 4.01. The van der Waals surface area contributed by atoms with E-state index in [1.165, 1.54) is 6.07 Å². The van der Waals surface area contributed by atoms with Gasteiger partial charge in [0.15, 0.2) is 0 Å². The number of hydrogen-bond donors (Lipinski definition) is 1. The van der Waals surface area contributed by atoms with Crippen molar-refractivity contribution in [3.05, 3.63) is 34.4 Å². The lowest BCUT2D eigenvalue weighted by Crippen LogP contribution is -2.32. The molecule has 1 heterocycles. The molecule has 0 saturated heterocycles.